The molecule has 0 aromatic rings. The van der Waals surface area contributed by atoms with Crippen LogP contribution in [-0.2, 0) is 4.79 Å². The summed E-state index contributed by atoms with van der Waals surface area (Å²) in [6, 6.07) is 0. The number of amides is 1. The monoisotopic (exact) mass is 298 g/mol. The van der Waals surface area contributed by atoms with Crippen LogP contribution in [0.1, 0.15) is 65.2 Å². The maximum atomic E-state index is 11.3. The molecule has 5 heteroatoms. The van der Waals surface area contributed by atoms with Crippen LogP contribution in [0, 0.1) is 5.92 Å². The van der Waals surface area contributed by atoms with Crippen LogP contribution in [0.3, 0.4) is 0 Å². The van der Waals surface area contributed by atoms with Gasteiger partial charge < -0.3 is 10.0 Å². The van der Waals surface area contributed by atoms with Crippen LogP contribution in [0.15, 0.2) is 4.99 Å². The molecule has 0 aromatic heterocycles. The Kier molecular flexibility index (Phi) is 12.7. The summed E-state index contributed by atoms with van der Waals surface area (Å²) in [6.45, 7) is 6.08. The molecule has 0 heterocycles. The van der Waals surface area contributed by atoms with Gasteiger partial charge in [0.05, 0.1) is 6.54 Å². The van der Waals surface area contributed by atoms with Crippen molar-refractivity contribution in [2.75, 3.05) is 19.6 Å². The molecule has 0 radical (unpaired) electrons. The summed E-state index contributed by atoms with van der Waals surface area (Å²) in [7, 11) is 0. The second kappa shape index (κ2) is 13.6. The smallest absolute Gasteiger partial charge is 0.407 e. The summed E-state index contributed by atoms with van der Waals surface area (Å²) in [4.78, 5) is 26.3. The number of carbonyl (C=O) groups is 1. The van der Waals surface area contributed by atoms with Gasteiger partial charge in [-0.2, -0.15) is 0 Å². The summed E-state index contributed by atoms with van der Waals surface area (Å²) in [5.74, 6) is 0.475. The highest BCUT2D eigenvalue weighted by Crippen LogP contribution is 2.15. The number of aliphatic imine (C=N–C) groups is 1. The second-order valence-electron chi connectivity index (χ2n) is 5.53. The third kappa shape index (κ3) is 11.0. The number of rotatable bonds is 13. The largest absolute Gasteiger partial charge is 0.465 e. The molecule has 1 amide bonds. The highest BCUT2D eigenvalue weighted by atomic mass is 16.4. The first kappa shape index (κ1) is 19.7. The van der Waals surface area contributed by atoms with Gasteiger partial charge in [-0.25, -0.2) is 14.6 Å². The van der Waals surface area contributed by atoms with Crippen LogP contribution < -0.4 is 0 Å². The lowest BCUT2D eigenvalue weighted by Crippen LogP contribution is -2.35. The molecule has 1 N–H and O–H groups in total. The lowest BCUT2D eigenvalue weighted by Gasteiger charge is -2.24. The van der Waals surface area contributed by atoms with Gasteiger partial charge in [0.1, 0.15) is 0 Å². The van der Waals surface area contributed by atoms with E-state index in [1.165, 1.54) is 12.5 Å². The molecule has 1 unspecified atom stereocenters. The maximum Gasteiger partial charge on any atom is 0.407 e. The Morgan fingerprint density at radius 2 is 1.90 bits per heavy atom. The molecule has 0 bridgehead atoms. The lowest BCUT2D eigenvalue weighted by atomic mass is 9.98. The number of isocyanates is 1. The molecule has 0 rings (SSSR count). The van der Waals surface area contributed by atoms with Crippen LogP contribution in [0.2, 0.25) is 0 Å². The first-order chi connectivity index (χ1) is 10.2. The van der Waals surface area contributed by atoms with Crippen molar-refractivity contribution in [3.05, 3.63) is 0 Å². The van der Waals surface area contributed by atoms with Crippen molar-refractivity contribution in [1.29, 1.82) is 0 Å². The van der Waals surface area contributed by atoms with Gasteiger partial charge in [0.2, 0.25) is 6.08 Å². The predicted octanol–water partition coefficient (Wildman–Crippen LogP) is 4.08. The molecule has 0 saturated carbocycles. The van der Waals surface area contributed by atoms with Crippen LogP contribution in [0.25, 0.3) is 0 Å². The fourth-order valence-corrected chi connectivity index (χ4v) is 2.39. The normalized spacial score (nSPS) is 11.7. The van der Waals surface area contributed by atoms with Crippen LogP contribution in [-0.4, -0.2) is 41.8 Å². The summed E-state index contributed by atoms with van der Waals surface area (Å²) in [5, 5.41) is 9.28. The molecule has 0 spiro atoms. The van der Waals surface area contributed by atoms with E-state index >= 15 is 0 Å². The van der Waals surface area contributed by atoms with Gasteiger partial charge in [-0.05, 0) is 25.2 Å². The minimum atomic E-state index is -0.810. The highest BCUT2D eigenvalue weighted by molar-refractivity contribution is 5.64. The quantitative estimate of drug-likeness (QED) is 0.316. The minimum Gasteiger partial charge on any atom is -0.465 e. The lowest BCUT2D eigenvalue weighted by molar-refractivity contribution is 0.133. The number of hydrogen-bond acceptors (Lipinski definition) is 3. The third-order valence-electron chi connectivity index (χ3n) is 3.80. The third-order valence-corrected chi connectivity index (χ3v) is 3.80. The Morgan fingerprint density at radius 1 is 1.19 bits per heavy atom. The SMILES string of the molecule is CCCCC(CC)CN(CCCCCCN=C=O)C(=O)O. The molecule has 0 saturated heterocycles. The van der Waals surface area contributed by atoms with Crippen LogP contribution >= 0.6 is 0 Å². The van der Waals surface area contributed by atoms with Gasteiger partial charge in [0.15, 0.2) is 0 Å². The van der Waals surface area contributed by atoms with E-state index in [1.807, 2.05) is 0 Å². The summed E-state index contributed by atoms with van der Waals surface area (Å²) >= 11 is 0. The van der Waals surface area contributed by atoms with Crippen molar-refractivity contribution in [1.82, 2.24) is 4.90 Å². The zero-order valence-electron chi connectivity index (χ0n) is 13.5. The molecule has 0 aromatic carbocycles. The predicted molar refractivity (Wildman–Crippen MR) is 84.4 cm³/mol. The molecule has 0 aliphatic carbocycles. The molecule has 5 nitrogen and oxygen atoms in total. The van der Waals surface area contributed by atoms with Crippen molar-refractivity contribution < 1.29 is 14.7 Å². The fraction of sp³-hybridized carbons (Fsp3) is 0.875. The average molecular weight is 298 g/mol. The Bertz CT molecular complexity index is 315. The number of hydrogen-bond donors (Lipinski definition) is 1. The Balaban J connectivity index is 3.95. The zero-order chi connectivity index (χ0) is 15.9. The Hall–Kier alpha value is -1.35. The number of nitrogens with zero attached hydrogens (tertiary/aromatic N) is 2. The van der Waals surface area contributed by atoms with Gasteiger partial charge in [0, 0.05) is 13.1 Å². The topological polar surface area (TPSA) is 70.0 Å². The number of carboxylic acid groups (broad SMARTS) is 1. The van der Waals surface area contributed by atoms with Gasteiger partial charge in [-0.3, -0.25) is 0 Å². The number of unbranched alkanes of at least 4 members (excludes halogenated alkanes) is 4. The van der Waals surface area contributed by atoms with E-state index in [9.17, 15) is 14.7 Å². The highest BCUT2D eigenvalue weighted by Gasteiger charge is 2.16. The summed E-state index contributed by atoms with van der Waals surface area (Å²) in [5.41, 5.74) is 0. The minimum absolute atomic E-state index is 0.475. The first-order valence-corrected chi connectivity index (χ1v) is 8.17. The van der Waals surface area contributed by atoms with E-state index in [0.29, 0.717) is 25.6 Å². The summed E-state index contributed by atoms with van der Waals surface area (Å²) < 4.78 is 0. The molecule has 1 atom stereocenters. The number of carbonyl (C=O) groups excluding carboxylic acids is 1. The molecular formula is C16H30N2O3. The van der Waals surface area contributed by atoms with E-state index in [2.05, 4.69) is 18.8 Å². The van der Waals surface area contributed by atoms with Crippen molar-refractivity contribution in [3.8, 4) is 0 Å². The van der Waals surface area contributed by atoms with Crippen molar-refractivity contribution in [2.45, 2.75) is 65.2 Å². The van der Waals surface area contributed by atoms with Crippen LogP contribution in [0.5, 0.6) is 0 Å². The molecular weight excluding hydrogens is 268 g/mol. The van der Waals surface area contributed by atoms with E-state index in [0.717, 1.165) is 44.9 Å². The molecule has 21 heavy (non-hydrogen) atoms. The van der Waals surface area contributed by atoms with Crippen molar-refractivity contribution >= 4 is 12.2 Å². The van der Waals surface area contributed by atoms with Gasteiger partial charge in [-0.1, -0.05) is 46.0 Å². The van der Waals surface area contributed by atoms with E-state index in [4.69, 9.17) is 0 Å². The second-order valence-corrected chi connectivity index (χ2v) is 5.53. The van der Waals surface area contributed by atoms with E-state index in [-0.39, 0.29) is 0 Å². The van der Waals surface area contributed by atoms with Gasteiger partial charge in [-0.15, -0.1) is 0 Å². The molecule has 0 aliphatic heterocycles. The Labute approximate surface area is 128 Å². The fourth-order valence-electron chi connectivity index (χ4n) is 2.39. The molecule has 0 aliphatic rings. The van der Waals surface area contributed by atoms with Crippen LogP contribution in [0.4, 0.5) is 4.79 Å². The van der Waals surface area contributed by atoms with E-state index in [1.54, 1.807) is 4.90 Å². The maximum absolute atomic E-state index is 11.3. The van der Waals surface area contributed by atoms with Gasteiger partial charge in [0.25, 0.3) is 0 Å². The van der Waals surface area contributed by atoms with Crippen molar-refractivity contribution in [3.63, 3.8) is 0 Å². The van der Waals surface area contributed by atoms with Crippen molar-refractivity contribution in [2.24, 2.45) is 10.9 Å². The first-order valence-electron chi connectivity index (χ1n) is 8.17. The standard InChI is InChI=1S/C16H30N2O3/c1-3-5-10-15(4-2)13-18(16(20)21)12-9-7-6-8-11-17-14-19/h15H,3-13H2,1-2H3,(H,20,21). The average Bonchev–Trinajstić information content (AvgIpc) is 2.48. The van der Waals surface area contributed by atoms with E-state index < -0.39 is 6.09 Å². The molecule has 0 fully saturated rings. The Morgan fingerprint density at radius 3 is 2.48 bits per heavy atom. The molecule has 122 valence electrons. The zero-order valence-corrected chi connectivity index (χ0v) is 13.5. The summed E-state index contributed by atoms with van der Waals surface area (Å²) in [6.07, 6.45) is 8.89. The van der Waals surface area contributed by atoms with Gasteiger partial charge >= 0.3 is 6.09 Å².